The summed E-state index contributed by atoms with van der Waals surface area (Å²) in [6, 6.07) is 7.65. The number of nitrogens with zero attached hydrogens (tertiary/aromatic N) is 1. The first kappa shape index (κ1) is 13.2. The summed E-state index contributed by atoms with van der Waals surface area (Å²) in [5.74, 6) is -0.371. The Morgan fingerprint density at radius 1 is 1.37 bits per heavy atom. The average Bonchev–Trinajstić information content (AvgIpc) is 2.41. The summed E-state index contributed by atoms with van der Waals surface area (Å²) in [5, 5.41) is 9.40. The molecule has 0 amide bonds. The predicted molar refractivity (Wildman–Crippen MR) is 69.3 cm³/mol. The fraction of sp³-hybridized carbons (Fsp3) is 0.0769. The zero-order chi connectivity index (χ0) is 13.8. The van der Waals surface area contributed by atoms with Crippen LogP contribution >= 0.6 is 11.6 Å². The van der Waals surface area contributed by atoms with Crippen LogP contribution in [-0.4, -0.2) is 23.2 Å². The second kappa shape index (κ2) is 5.58. The van der Waals surface area contributed by atoms with Gasteiger partial charge in [0, 0.05) is 12.3 Å². The number of carbonyl (C=O) groups is 1. The van der Waals surface area contributed by atoms with E-state index in [1.807, 2.05) is 0 Å². The molecule has 0 atom stereocenters. The topological polar surface area (TPSA) is 68.7 Å². The van der Waals surface area contributed by atoms with E-state index in [9.17, 15) is 4.79 Å². The van der Waals surface area contributed by atoms with Crippen LogP contribution in [0.3, 0.4) is 0 Å². The third kappa shape index (κ3) is 2.95. The highest BCUT2D eigenvalue weighted by atomic mass is 35.5. The van der Waals surface area contributed by atoms with Crippen molar-refractivity contribution < 1.29 is 19.4 Å². The average molecular weight is 280 g/mol. The summed E-state index contributed by atoms with van der Waals surface area (Å²) < 4.78 is 10.5. The van der Waals surface area contributed by atoms with Gasteiger partial charge in [0.2, 0.25) is 5.88 Å². The fourth-order valence-corrected chi connectivity index (χ4v) is 1.60. The number of aromatic nitrogens is 1. The first-order valence-corrected chi connectivity index (χ1v) is 5.69. The maximum absolute atomic E-state index is 11.1. The van der Waals surface area contributed by atoms with Crippen molar-refractivity contribution in [1.29, 1.82) is 0 Å². The summed E-state index contributed by atoms with van der Waals surface area (Å²) in [5.41, 5.74) is 0.00233. The molecule has 0 fully saturated rings. The van der Waals surface area contributed by atoms with Crippen molar-refractivity contribution in [2.75, 3.05) is 7.11 Å². The van der Waals surface area contributed by atoms with Crippen molar-refractivity contribution in [3.8, 4) is 17.4 Å². The van der Waals surface area contributed by atoms with E-state index in [0.29, 0.717) is 10.8 Å². The maximum Gasteiger partial charge on any atom is 0.339 e. The molecule has 2 rings (SSSR count). The minimum absolute atomic E-state index is 0.00233. The van der Waals surface area contributed by atoms with Crippen molar-refractivity contribution in [3.05, 3.63) is 47.1 Å². The molecule has 1 aromatic heterocycles. The van der Waals surface area contributed by atoms with E-state index in [2.05, 4.69) is 4.98 Å². The van der Waals surface area contributed by atoms with Crippen molar-refractivity contribution in [2.24, 2.45) is 0 Å². The summed E-state index contributed by atoms with van der Waals surface area (Å²) in [4.78, 5) is 15.1. The quantitative estimate of drug-likeness (QED) is 0.930. The Bertz CT molecular complexity index is 615. The van der Waals surface area contributed by atoms with E-state index in [1.54, 1.807) is 12.1 Å². The molecule has 0 saturated heterocycles. The number of carboxylic acid groups (broad SMARTS) is 1. The molecule has 0 bridgehead atoms. The number of halogens is 1. The smallest absolute Gasteiger partial charge is 0.339 e. The minimum Gasteiger partial charge on any atom is -0.497 e. The van der Waals surface area contributed by atoms with E-state index < -0.39 is 5.97 Å². The van der Waals surface area contributed by atoms with Crippen LogP contribution in [0.4, 0.5) is 0 Å². The molecule has 1 heterocycles. The van der Waals surface area contributed by atoms with Gasteiger partial charge in [-0.2, -0.15) is 0 Å². The van der Waals surface area contributed by atoms with E-state index in [1.165, 1.54) is 31.5 Å². The highest BCUT2D eigenvalue weighted by molar-refractivity contribution is 6.31. The number of hydrogen-bond donors (Lipinski definition) is 1. The van der Waals surface area contributed by atoms with Gasteiger partial charge in [-0.1, -0.05) is 11.6 Å². The first-order valence-electron chi connectivity index (χ1n) is 5.31. The molecule has 5 nitrogen and oxygen atoms in total. The number of carboxylic acids is 1. The van der Waals surface area contributed by atoms with Crippen LogP contribution in [0, 0.1) is 0 Å². The van der Waals surface area contributed by atoms with Crippen LogP contribution in [0.25, 0.3) is 0 Å². The van der Waals surface area contributed by atoms with Crippen molar-refractivity contribution in [1.82, 2.24) is 4.98 Å². The predicted octanol–water partition coefficient (Wildman–Crippen LogP) is 3.23. The molecule has 0 aliphatic heterocycles. The van der Waals surface area contributed by atoms with E-state index in [0.717, 1.165) is 0 Å². The van der Waals surface area contributed by atoms with Crippen LogP contribution in [0.5, 0.6) is 17.4 Å². The second-order valence-electron chi connectivity index (χ2n) is 3.56. The van der Waals surface area contributed by atoms with Crippen LogP contribution < -0.4 is 9.47 Å². The Balaban J connectivity index is 2.43. The van der Waals surface area contributed by atoms with Crippen molar-refractivity contribution in [3.63, 3.8) is 0 Å². The molecule has 0 unspecified atom stereocenters. The Morgan fingerprint density at radius 3 is 2.79 bits per heavy atom. The highest BCUT2D eigenvalue weighted by Crippen LogP contribution is 2.31. The molecule has 1 aromatic carbocycles. The molecule has 6 heteroatoms. The standard InChI is InChI=1S/C13H10ClNO4/c1-18-8-4-5-9(13(16)17)11(7-8)19-12-10(14)3-2-6-15-12/h2-7H,1H3,(H,16,17). The Kier molecular flexibility index (Phi) is 3.87. The van der Waals surface area contributed by atoms with E-state index >= 15 is 0 Å². The molecule has 0 aliphatic carbocycles. The number of hydrogen-bond acceptors (Lipinski definition) is 4. The third-order valence-electron chi connectivity index (χ3n) is 2.35. The van der Waals surface area contributed by atoms with Gasteiger partial charge in [-0.25, -0.2) is 9.78 Å². The minimum atomic E-state index is -1.11. The largest absolute Gasteiger partial charge is 0.497 e. The maximum atomic E-state index is 11.1. The van der Waals surface area contributed by atoms with Crippen LogP contribution in [-0.2, 0) is 0 Å². The molecule has 0 saturated carbocycles. The summed E-state index contributed by atoms with van der Waals surface area (Å²) >= 11 is 5.91. The van der Waals surface area contributed by atoms with Crippen molar-refractivity contribution >= 4 is 17.6 Å². The third-order valence-corrected chi connectivity index (χ3v) is 2.64. The van der Waals surface area contributed by atoms with Gasteiger partial charge in [-0.05, 0) is 24.3 Å². The number of rotatable bonds is 4. The summed E-state index contributed by atoms with van der Waals surface area (Å²) in [6.45, 7) is 0. The van der Waals surface area contributed by atoms with Gasteiger partial charge in [-0.3, -0.25) is 0 Å². The lowest BCUT2D eigenvalue weighted by atomic mass is 10.2. The number of aromatic carboxylic acids is 1. The van der Waals surface area contributed by atoms with Crippen LogP contribution in [0.2, 0.25) is 5.02 Å². The van der Waals surface area contributed by atoms with Gasteiger partial charge in [0.05, 0.1) is 7.11 Å². The van der Waals surface area contributed by atoms with E-state index in [4.69, 9.17) is 26.2 Å². The van der Waals surface area contributed by atoms with Crippen LogP contribution in [0.15, 0.2) is 36.5 Å². The zero-order valence-corrected chi connectivity index (χ0v) is 10.7. The van der Waals surface area contributed by atoms with Gasteiger partial charge in [0.25, 0.3) is 0 Å². The highest BCUT2D eigenvalue weighted by Gasteiger charge is 2.15. The lowest BCUT2D eigenvalue weighted by molar-refractivity contribution is 0.0694. The molecule has 2 aromatic rings. The molecule has 1 N–H and O–H groups in total. The van der Waals surface area contributed by atoms with Gasteiger partial charge < -0.3 is 14.6 Å². The van der Waals surface area contributed by atoms with Gasteiger partial charge in [0.15, 0.2) is 0 Å². The lowest BCUT2D eigenvalue weighted by Crippen LogP contribution is -2.01. The Labute approximate surface area is 114 Å². The van der Waals surface area contributed by atoms with Gasteiger partial charge in [0.1, 0.15) is 22.1 Å². The monoisotopic (exact) mass is 279 g/mol. The summed E-state index contributed by atoms with van der Waals surface area (Å²) in [6.07, 6.45) is 1.50. The Morgan fingerprint density at radius 2 is 2.16 bits per heavy atom. The molecule has 19 heavy (non-hydrogen) atoms. The van der Waals surface area contributed by atoms with Gasteiger partial charge in [-0.15, -0.1) is 0 Å². The van der Waals surface area contributed by atoms with Crippen LogP contribution in [0.1, 0.15) is 10.4 Å². The number of pyridine rings is 1. The normalized spacial score (nSPS) is 10.0. The molecule has 98 valence electrons. The summed E-state index contributed by atoms with van der Waals surface area (Å²) in [7, 11) is 1.48. The second-order valence-corrected chi connectivity index (χ2v) is 3.97. The molecular formula is C13H10ClNO4. The zero-order valence-electron chi connectivity index (χ0n) is 9.96. The number of benzene rings is 1. The Hall–Kier alpha value is -2.27. The molecule has 0 spiro atoms. The number of methoxy groups -OCH3 is 1. The number of ether oxygens (including phenoxy) is 2. The fourth-order valence-electron chi connectivity index (χ4n) is 1.44. The first-order chi connectivity index (χ1) is 9.11. The molecule has 0 radical (unpaired) electrons. The molecular weight excluding hydrogens is 270 g/mol. The van der Waals surface area contributed by atoms with Gasteiger partial charge >= 0.3 is 5.97 Å². The van der Waals surface area contributed by atoms with Crippen molar-refractivity contribution in [2.45, 2.75) is 0 Å². The lowest BCUT2D eigenvalue weighted by Gasteiger charge is -2.10. The molecule has 0 aliphatic rings. The SMILES string of the molecule is COc1ccc(C(=O)O)c(Oc2ncccc2Cl)c1. The van der Waals surface area contributed by atoms with E-state index in [-0.39, 0.29) is 17.2 Å².